The molecule has 1 heterocycles. The van der Waals surface area contributed by atoms with Crippen LogP contribution in [-0.2, 0) is 5.41 Å². The first kappa shape index (κ1) is 17.5. The highest BCUT2D eigenvalue weighted by molar-refractivity contribution is 5.84. The van der Waals surface area contributed by atoms with E-state index in [2.05, 4.69) is 36.8 Å². The van der Waals surface area contributed by atoms with Crippen LogP contribution in [0.3, 0.4) is 0 Å². The van der Waals surface area contributed by atoms with E-state index in [0.29, 0.717) is 11.5 Å². The number of hydrogen-bond acceptors (Lipinski definition) is 1. The number of hydrogen-bond donors (Lipinski definition) is 0. The van der Waals surface area contributed by atoms with Gasteiger partial charge in [-0.2, -0.15) is 4.58 Å². The Hall–Kier alpha value is -1.31. The maximum Gasteiger partial charge on any atom is 0.287 e. The molecule has 1 aliphatic heterocycles. The average Bonchev–Trinajstić information content (AvgIpc) is 2.67. The number of aryl methyl sites for hydroxylation is 1. The number of rotatable bonds is 2. The molecule has 5 fully saturated rings. The fraction of sp³-hybridized carbons (Fsp3) is 0.731. The summed E-state index contributed by atoms with van der Waals surface area (Å²) in [5.74, 6) is 4.98. The van der Waals surface area contributed by atoms with Gasteiger partial charge < -0.3 is 4.74 Å². The van der Waals surface area contributed by atoms with E-state index < -0.39 is 0 Å². The maximum atomic E-state index is 6.63. The van der Waals surface area contributed by atoms with Crippen LogP contribution in [0.2, 0.25) is 0 Å². The van der Waals surface area contributed by atoms with Crippen molar-refractivity contribution in [1.29, 1.82) is 0 Å². The highest BCUT2D eigenvalue weighted by atomic mass is 16.5. The van der Waals surface area contributed by atoms with Gasteiger partial charge in [0.2, 0.25) is 0 Å². The lowest BCUT2D eigenvalue weighted by Gasteiger charge is -2.57. The molecule has 0 saturated heterocycles. The number of benzene rings is 1. The maximum absolute atomic E-state index is 6.63. The third-order valence-corrected chi connectivity index (χ3v) is 9.17. The Labute approximate surface area is 170 Å². The van der Waals surface area contributed by atoms with Crippen molar-refractivity contribution in [2.45, 2.75) is 89.5 Å². The van der Waals surface area contributed by atoms with Gasteiger partial charge in [0.15, 0.2) is 12.3 Å². The number of nitrogens with zero attached hydrogens (tertiary/aromatic N) is 1. The summed E-state index contributed by atoms with van der Waals surface area (Å²) in [7, 11) is 0. The molecule has 0 radical (unpaired) electrons. The molecule has 5 aliphatic carbocycles. The molecule has 6 aliphatic rings. The molecule has 5 saturated carbocycles. The minimum atomic E-state index is 0.417. The highest BCUT2D eigenvalue weighted by Gasteiger charge is 2.53. The van der Waals surface area contributed by atoms with Gasteiger partial charge in [0.05, 0.1) is 5.56 Å². The monoisotopic (exact) mass is 378 g/mol. The van der Waals surface area contributed by atoms with Gasteiger partial charge in [-0.15, -0.1) is 0 Å². The van der Waals surface area contributed by atoms with E-state index in [0.717, 1.165) is 30.4 Å². The first-order valence-electron chi connectivity index (χ1n) is 12.0. The first-order chi connectivity index (χ1) is 13.6. The fourth-order valence-corrected chi connectivity index (χ4v) is 8.20. The van der Waals surface area contributed by atoms with Crippen LogP contribution in [0.25, 0.3) is 0 Å². The van der Waals surface area contributed by atoms with Crippen LogP contribution in [0.15, 0.2) is 12.1 Å². The Morgan fingerprint density at radius 1 is 0.964 bits per heavy atom. The van der Waals surface area contributed by atoms with Crippen LogP contribution in [0, 0.1) is 30.6 Å². The molecular formula is C26H36NO+. The van der Waals surface area contributed by atoms with Crippen molar-refractivity contribution < 1.29 is 9.31 Å². The normalized spacial score (nSPS) is 41.4. The Balaban J connectivity index is 1.40. The highest BCUT2D eigenvalue weighted by Crippen LogP contribution is 2.62. The zero-order valence-electron chi connectivity index (χ0n) is 17.8. The Morgan fingerprint density at radius 3 is 2.32 bits per heavy atom. The molecule has 7 rings (SSSR count). The van der Waals surface area contributed by atoms with Gasteiger partial charge in [0.1, 0.15) is 5.75 Å². The molecule has 2 unspecified atom stereocenters. The summed E-state index contributed by atoms with van der Waals surface area (Å²) in [5.41, 5.74) is 4.76. The molecule has 1 aromatic rings. The van der Waals surface area contributed by atoms with Crippen LogP contribution >= 0.6 is 0 Å². The van der Waals surface area contributed by atoms with Gasteiger partial charge in [0.25, 0.3) is 6.73 Å². The smallest absolute Gasteiger partial charge is 0.287 e. The lowest BCUT2D eigenvalue weighted by atomic mass is 9.48. The van der Waals surface area contributed by atoms with Gasteiger partial charge in [-0.05, 0) is 87.0 Å². The largest absolute Gasteiger partial charge is 0.435 e. The lowest BCUT2D eigenvalue weighted by Crippen LogP contribution is -2.49. The third kappa shape index (κ3) is 2.62. The second kappa shape index (κ2) is 6.34. The Bertz CT molecular complexity index is 787. The summed E-state index contributed by atoms with van der Waals surface area (Å²) in [5, 5.41) is 0. The van der Waals surface area contributed by atoms with E-state index in [9.17, 15) is 0 Å². The first-order valence-corrected chi connectivity index (χ1v) is 12.0. The zero-order chi connectivity index (χ0) is 18.9. The SMILES string of the molecule is Cc1ccc(C23CC4CC(CC(C4)C2)C3)c2c1C=[N+](C1CCCCC1C)CO2. The summed E-state index contributed by atoms with van der Waals surface area (Å²) in [6, 6.07) is 5.50. The molecule has 0 amide bonds. The molecule has 2 nitrogen and oxygen atoms in total. The van der Waals surface area contributed by atoms with Crippen molar-refractivity contribution in [1.82, 2.24) is 0 Å². The molecule has 4 bridgehead atoms. The van der Waals surface area contributed by atoms with Crippen LogP contribution in [0.1, 0.15) is 87.8 Å². The van der Waals surface area contributed by atoms with E-state index in [1.165, 1.54) is 81.1 Å². The topological polar surface area (TPSA) is 12.2 Å². The van der Waals surface area contributed by atoms with E-state index in [-0.39, 0.29) is 0 Å². The Kier molecular flexibility index (Phi) is 3.97. The summed E-state index contributed by atoms with van der Waals surface area (Å²) in [6.07, 6.45) is 16.7. The molecule has 28 heavy (non-hydrogen) atoms. The fourth-order valence-electron chi connectivity index (χ4n) is 8.20. The predicted molar refractivity (Wildman–Crippen MR) is 113 cm³/mol. The molecule has 0 spiro atoms. The van der Waals surface area contributed by atoms with Crippen molar-refractivity contribution in [3.05, 3.63) is 28.8 Å². The van der Waals surface area contributed by atoms with Crippen molar-refractivity contribution in [2.75, 3.05) is 6.73 Å². The lowest BCUT2D eigenvalue weighted by molar-refractivity contribution is -0.601. The minimum absolute atomic E-state index is 0.417. The molecule has 2 heteroatoms. The second-order valence-electron chi connectivity index (χ2n) is 11.1. The van der Waals surface area contributed by atoms with Gasteiger partial charge in [0, 0.05) is 17.9 Å². The van der Waals surface area contributed by atoms with Gasteiger partial charge in [-0.1, -0.05) is 25.5 Å². The van der Waals surface area contributed by atoms with E-state index in [4.69, 9.17) is 4.74 Å². The molecular weight excluding hydrogens is 342 g/mol. The standard InChI is InChI=1S/C26H36NO/c1-17-7-8-23(26-12-19-9-20(13-26)11-21(10-19)14-26)25-22(17)15-27(16-28-25)24-6-4-3-5-18(24)2/h7-8,15,18-21,24H,3-6,9-14,16H2,1-2H3/q+1. The van der Waals surface area contributed by atoms with Crippen molar-refractivity contribution in [3.63, 3.8) is 0 Å². The molecule has 1 aromatic carbocycles. The Morgan fingerprint density at radius 2 is 1.64 bits per heavy atom. The average molecular weight is 379 g/mol. The molecule has 2 atom stereocenters. The summed E-state index contributed by atoms with van der Waals surface area (Å²) in [6.45, 7) is 5.46. The van der Waals surface area contributed by atoms with Crippen LogP contribution in [0.5, 0.6) is 5.75 Å². The van der Waals surface area contributed by atoms with Crippen molar-refractivity contribution >= 4 is 6.21 Å². The van der Waals surface area contributed by atoms with E-state index in [1.54, 1.807) is 5.56 Å². The quantitative estimate of drug-likeness (QED) is 0.590. The summed E-state index contributed by atoms with van der Waals surface area (Å²) < 4.78 is 9.16. The summed E-state index contributed by atoms with van der Waals surface area (Å²) in [4.78, 5) is 0. The van der Waals surface area contributed by atoms with Crippen LogP contribution in [0.4, 0.5) is 0 Å². The number of ether oxygens (including phenoxy) is 1. The van der Waals surface area contributed by atoms with Gasteiger partial charge in [-0.25, -0.2) is 0 Å². The molecule has 0 aromatic heterocycles. The summed E-state index contributed by atoms with van der Waals surface area (Å²) >= 11 is 0. The van der Waals surface area contributed by atoms with Crippen LogP contribution in [-0.4, -0.2) is 23.6 Å². The van der Waals surface area contributed by atoms with E-state index >= 15 is 0 Å². The van der Waals surface area contributed by atoms with E-state index in [1.807, 2.05) is 0 Å². The van der Waals surface area contributed by atoms with Gasteiger partial charge >= 0.3 is 0 Å². The second-order valence-corrected chi connectivity index (χ2v) is 11.1. The predicted octanol–water partition coefficient (Wildman–Crippen LogP) is 5.82. The zero-order valence-corrected chi connectivity index (χ0v) is 17.8. The van der Waals surface area contributed by atoms with Crippen LogP contribution < -0.4 is 4.74 Å². The molecule has 150 valence electrons. The molecule has 0 N–H and O–H groups in total. The third-order valence-electron chi connectivity index (χ3n) is 9.17. The number of fused-ring (bicyclic) bond motifs is 1. The van der Waals surface area contributed by atoms with Gasteiger partial charge in [-0.3, -0.25) is 0 Å². The van der Waals surface area contributed by atoms with Crippen molar-refractivity contribution in [2.24, 2.45) is 23.7 Å². The van der Waals surface area contributed by atoms with Crippen molar-refractivity contribution in [3.8, 4) is 5.75 Å². The minimum Gasteiger partial charge on any atom is -0.435 e.